The smallest absolute Gasteiger partial charge is 0.339 e. The molecule has 1 aliphatic heterocycles. The summed E-state index contributed by atoms with van der Waals surface area (Å²) in [7, 11) is 0. The van der Waals surface area contributed by atoms with E-state index in [0.717, 1.165) is 29.5 Å². The Morgan fingerprint density at radius 1 is 0.833 bits per heavy atom. The molecule has 0 unspecified atom stereocenters. The summed E-state index contributed by atoms with van der Waals surface area (Å²) in [6, 6.07) is 12.2. The number of aryl methyl sites for hydroxylation is 2. The van der Waals surface area contributed by atoms with Crippen LogP contribution in [0.2, 0.25) is 0 Å². The Balaban J connectivity index is 2.16. The summed E-state index contributed by atoms with van der Waals surface area (Å²) in [5, 5.41) is 0. The lowest BCUT2D eigenvalue weighted by atomic mass is 9.81. The first-order valence-corrected chi connectivity index (χ1v) is 6.25. The number of ether oxygens (including phenoxy) is 1. The maximum Gasteiger partial charge on any atom is 0.339 e. The number of esters is 1. The summed E-state index contributed by atoms with van der Waals surface area (Å²) in [4.78, 5) is 12.0. The van der Waals surface area contributed by atoms with Crippen LogP contribution >= 0.6 is 0 Å². The van der Waals surface area contributed by atoms with Gasteiger partial charge in [0.2, 0.25) is 0 Å². The van der Waals surface area contributed by atoms with Crippen molar-refractivity contribution in [2.45, 2.75) is 19.4 Å². The minimum absolute atomic E-state index is 0.198. The van der Waals surface area contributed by atoms with Crippen LogP contribution in [0.5, 0.6) is 0 Å². The highest BCUT2D eigenvalue weighted by Crippen LogP contribution is 2.40. The van der Waals surface area contributed by atoms with E-state index in [1.807, 2.05) is 12.1 Å². The zero-order valence-electron chi connectivity index (χ0n) is 9.90. The van der Waals surface area contributed by atoms with Gasteiger partial charge in [0, 0.05) is 5.56 Å². The molecule has 1 aliphatic carbocycles. The SMILES string of the molecule is O=C1OCc2cccc3c2-c2c(cccc21)CC3. The molecule has 18 heavy (non-hydrogen) atoms. The molecule has 0 bridgehead atoms. The predicted molar refractivity (Wildman–Crippen MR) is 68.4 cm³/mol. The maximum atomic E-state index is 12.0. The van der Waals surface area contributed by atoms with Crippen LogP contribution < -0.4 is 0 Å². The van der Waals surface area contributed by atoms with Crippen molar-refractivity contribution in [1.29, 1.82) is 0 Å². The monoisotopic (exact) mass is 236 g/mol. The minimum Gasteiger partial charge on any atom is -0.457 e. The van der Waals surface area contributed by atoms with Gasteiger partial charge in [-0.2, -0.15) is 0 Å². The molecule has 4 rings (SSSR count). The van der Waals surface area contributed by atoms with Crippen LogP contribution in [0.1, 0.15) is 27.0 Å². The summed E-state index contributed by atoms with van der Waals surface area (Å²) in [5.41, 5.74) is 6.80. The second-order valence-electron chi connectivity index (χ2n) is 4.87. The van der Waals surface area contributed by atoms with Crippen molar-refractivity contribution < 1.29 is 9.53 Å². The first-order valence-electron chi connectivity index (χ1n) is 6.25. The molecule has 2 aliphatic rings. The quantitative estimate of drug-likeness (QED) is 0.657. The summed E-state index contributed by atoms with van der Waals surface area (Å²) < 4.78 is 5.35. The second kappa shape index (κ2) is 3.45. The normalized spacial score (nSPS) is 15.7. The first-order chi connectivity index (χ1) is 8.84. The molecule has 88 valence electrons. The molecule has 0 aromatic heterocycles. The van der Waals surface area contributed by atoms with Crippen molar-refractivity contribution in [3.8, 4) is 11.1 Å². The zero-order chi connectivity index (χ0) is 12.1. The van der Waals surface area contributed by atoms with Gasteiger partial charge >= 0.3 is 5.97 Å². The predicted octanol–water partition coefficient (Wildman–Crippen LogP) is 3.12. The van der Waals surface area contributed by atoms with Gasteiger partial charge in [-0.25, -0.2) is 4.79 Å². The lowest BCUT2D eigenvalue weighted by molar-refractivity contribution is 0.0479. The number of rotatable bonds is 0. The van der Waals surface area contributed by atoms with Gasteiger partial charge in [-0.3, -0.25) is 0 Å². The molecule has 0 saturated heterocycles. The van der Waals surface area contributed by atoms with E-state index in [4.69, 9.17) is 4.74 Å². The fourth-order valence-corrected chi connectivity index (χ4v) is 3.07. The fraction of sp³-hybridized carbons (Fsp3) is 0.188. The Hall–Kier alpha value is -2.09. The number of carbonyl (C=O) groups is 1. The summed E-state index contributed by atoms with van der Waals surface area (Å²) in [5.74, 6) is -0.198. The molecule has 2 nitrogen and oxygen atoms in total. The number of cyclic esters (lactones) is 1. The number of carbonyl (C=O) groups excluding carboxylic acids is 1. The molecule has 0 fully saturated rings. The van der Waals surface area contributed by atoms with Crippen molar-refractivity contribution >= 4 is 5.97 Å². The highest BCUT2D eigenvalue weighted by molar-refractivity contribution is 6.00. The Bertz CT molecular complexity index is 671. The van der Waals surface area contributed by atoms with E-state index in [2.05, 4.69) is 24.3 Å². The van der Waals surface area contributed by atoms with Crippen LogP contribution in [-0.2, 0) is 24.2 Å². The Morgan fingerprint density at radius 3 is 2.33 bits per heavy atom. The summed E-state index contributed by atoms with van der Waals surface area (Å²) in [6.45, 7) is 0.385. The number of hydrogen-bond acceptors (Lipinski definition) is 2. The van der Waals surface area contributed by atoms with E-state index in [0.29, 0.717) is 6.61 Å². The molecular weight excluding hydrogens is 224 g/mol. The maximum absolute atomic E-state index is 12.0. The van der Waals surface area contributed by atoms with Gasteiger partial charge in [0.25, 0.3) is 0 Å². The third kappa shape index (κ3) is 1.20. The van der Waals surface area contributed by atoms with Gasteiger partial charge < -0.3 is 4.74 Å². The van der Waals surface area contributed by atoms with Crippen LogP contribution in [0, 0.1) is 0 Å². The molecule has 0 N–H and O–H groups in total. The second-order valence-corrected chi connectivity index (χ2v) is 4.87. The summed E-state index contributed by atoms with van der Waals surface area (Å²) in [6.07, 6.45) is 2.06. The van der Waals surface area contributed by atoms with Crippen molar-refractivity contribution in [2.24, 2.45) is 0 Å². The van der Waals surface area contributed by atoms with Gasteiger partial charge in [-0.15, -0.1) is 0 Å². The zero-order valence-corrected chi connectivity index (χ0v) is 9.90. The van der Waals surface area contributed by atoms with Gasteiger partial charge in [-0.1, -0.05) is 30.3 Å². The van der Waals surface area contributed by atoms with Gasteiger partial charge in [0.1, 0.15) is 6.61 Å². The van der Waals surface area contributed by atoms with E-state index in [1.165, 1.54) is 16.7 Å². The molecule has 0 spiro atoms. The first kappa shape index (κ1) is 9.89. The highest BCUT2D eigenvalue weighted by atomic mass is 16.5. The average molecular weight is 236 g/mol. The topological polar surface area (TPSA) is 26.3 Å². The largest absolute Gasteiger partial charge is 0.457 e. The molecule has 2 aromatic carbocycles. The van der Waals surface area contributed by atoms with E-state index in [-0.39, 0.29) is 5.97 Å². The van der Waals surface area contributed by atoms with Gasteiger partial charge in [0.05, 0.1) is 5.56 Å². The standard InChI is InChI=1S/C16H12O2/c17-16-13-6-2-4-11-8-7-10-3-1-5-12(9-18-16)14(10)15(11)13/h1-6H,7-9H2. The molecule has 0 radical (unpaired) electrons. The van der Waals surface area contributed by atoms with E-state index < -0.39 is 0 Å². The minimum atomic E-state index is -0.198. The van der Waals surface area contributed by atoms with Crippen LogP contribution in [0.4, 0.5) is 0 Å². The van der Waals surface area contributed by atoms with Gasteiger partial charge in [0.15, 0.2) is 0 Å². The molecule has 2 heteroatoms. The fourth-order valence-electron chi connectivity index (χ4n) is 3.07. The van der Waals surface area contributed by atoms with Crippen LogP contribution in [0.15, 0.2) is 36.4 Å². The molecule has 2 aromatic rings. The van der Waals surface area contributed by atoms with Crippen LogP contribution in [0.3, 0.4) is 0 Å². The molecule has 0 amide bonds. The molecular formula is C16H12O2. The summed E-state index contributed by atoms with van der Waals surface area (Å²) >= 11 is 0. The van der Waals surface area contributed by atoms with E-state index >= 15 is 0 Å². The molecule has 1 heterocycles. The van der Waals surface area contributed by atoms with E-state index in [1.54, 1.807) is 0 Å². The van der Waals surface area contributed by atoms with Gasteiger partial charge in [-0.05, 0) is 41.2 Å². The number of hydrogen-bond donors (Lipinski definition) is 0. The van der Waals surface area contributed by atoms with Crippen molar-refractivity contribution in [3.63, 3.8) is 0 Å². The van der Waals surface area contributed by atoms with Crippen LogP contribution in [-0.4, -0.2) is 5.97 Å². The molecule has 0 saturated carbocycles. The van der Waals surface area contributed by atoms with Crippen LogP contribution in [0.25, 0.3) is 11.1 Å². The average Bonchev–Trinajstić information content (AvgIpc) is 2.57. The van der Waals surface area contributed by atoms with Crippen molar-refractivity contribution in [3.05, 3.63) is 58.7 Å². The Kier molecular flexibility index (Phi) is 1.90. The number of benzene rings is 2. The molecule has 0 atom stereocenters. The Labute approximate surface area is 105 Å². The third-order valence-corrected chi connectivity index (χ3v) is 3.88. The highest BCUT2D eigenvalue weighted by Gasteiger charge is 2.27. The van der Waals surface area contributed by atoms with Crippen molar-refractivity contribution in [2.75, 3.05) is 0 Å². The van der Waals surface area contributed by atoms with E-state index in [9.17, 15) is 4.79 Å². The lowest BCUT2D eigenvalue weighted by Gasteiger charge is -2.21. The lowest BCUT2D eigenvalue weighted by Crippen LogP contribution is -2.08. The van der Waals surface area contributed by atoms with Crippen molar-refractivity contribution in [1.82, 2.24) is 0 Å². The third-order valence-electron chi connectivity index (χ3n) is 3.88. The Morgan fingerprint density at radius 2 is 1.50 bits per heavy atom.